The Morgan fingerprint density at radius 1 is 0.976 bits per heavy atom. The second-order valence-corrected chi connectivity index (χ2v) is 8.89. The van der Waals surface area contributed by atoms with Gasteiger partial charge in [-0.3, -0.25) is 14.6 Å². The van der Waals surface area contributed by atoms with E-state index in [2.05, 4.69) is 15.0 Å². The van der Waals surface area contributed by atoms with Crippen LogP contribution in [0.4, 0.5) is 8.78 Å². The molecule has 0 bridgehead atoms. The Bertz CT molecular complexity index is 1820. The number of methoxy groups -OCH3 is 2. The van der Waals surface area contributed by atoms with Crippen LogP contribution in [0.15, 0.2) is 71.8 Å². The number of aromatic nitrogens is 3. The van der Waals surface area contributed by atoms with E-state index in [4.69, 9.17) is 14.2 Å². The average molecular weight is 560 g/mol. The highest BCUT2D eigenvalue weighted by Crippen LogP contribution is 2.34. The summed E-state index contributed by atoms with van der Waals surface area (Å²) in [6.07, 6.45) is 2.41. The van der Waals surface area contributed by atoms with Crippen LogP contribution in [-0.4, -0.2) is 40.1 Å². The number of rotatable bonds is 9. The first-order chi connectivity index (χ1) is 19.8. The normalized spacial score (nSPS) is 11.0. The van der Waals surface area contributed by atoms with E-state index in [1.54, 1.807) is 6.07 Å². The van der Waals surface area contributed by atoms with Crippen LogP contribution in [-0.2, 0) is 13.0 Å². The highest BCUT2D eigenvalue weighted by atomic mass is 19.1. The molecule has 5 rings (SSSR count). The van der Waals surface area contributed by atoms with Gasteiger partial charge in [0.25, 0.3) is 5.88 Å². The lowest BCUT2D eigenvalue weighted by atomic mass is 9.97. The SMILES string of the molecule is COc1cc2nccc(Oc3ccc(CC(=O)c4c[nH]c(CO)c(-c5ccc(F)cc5)c4=O)cc3F)c2nc1OC. The van der Waals surface area contributed by atoms with Crippen LogP contribution in [0.1, 0.15) is 21.6 Å². The fraction of sp³-hybridized carbons (Fsp3) is 0.133. The number of fused-ring (bicyclic) bond motifs is 1. The number of carbonyl (C=O) groups is 1. The van der Waals surface area contributed by atoms with Crippen LogP contribution in [0.5, 0.6) is 23.1 Å². The average Bonchev–Trinajstić information content (AvgIpc) is 2.98. The van der Waals surface area contributed by atoms with Gasteiger partial charge in [-0.2, -0.15) is 0 Å². The van der Waals surface area contributed by atoms with Crippen LogP contribution >= 0.6 is 0 Å². The Morgan fingerprint density at radius 2 is 1.76 bits per heavy atom. The van der Waals surface area contributed by atoms with E-state index in [1.807, 2.05) is 0 Å². The molecule has 5 aromatic rings. The summed E-state index contributed by atoms with van der Waals surface area (Å²) in [5.74, 6) is -1.12. The van der Waals surface area contributed by atoms with Gasteiger partial charge in [0.15, 0.2) is 28.8 Å². The Morgan fingerprint density at radius 3 is 2.44 bits per heavy atom. The fourth-order valence-electron chi connectivity index (χ4n) is 4.35. The maximum absolute atomic E-state index is 15.1. The van der Waals surface area contributed by atoms with Crippen LogP contribution in [0.25, 0.3) is 22.2 Å². The molecular weight excluding hydrogens is 536 g/mol. The van der Waals surface area contributed by atoms with Crippen molar-refractivity contribution in [3.05, 3.63) is 106 Å². The Balaban J connectivity index is 1.41. The molecular formula is C30H23F2N3O6. The third-order valence-corrected chi connectivity index (χ3v) is 6.36. The maximum Gasteiger partial charge on any atom is 0.257 e. The topological polar surface area (TPSA) is 124 Å². The number of ketones is 1. The van der Waals surface area contributed by atoms with Gasteiger partial charge >= 0.3 is 0 Å². The summed E-state index contributed by atoms with van der Waals surface area (Å²) in [4.78, 5) is 37.7. The minimum Gasteiger partial charge on any atom is -0.491 e. The quantitative estimate of drug-likeness (QED) is 0.242. The number of nitrogens with zero attached hydrogens (tertiary/aromatic N) is 2. The molecule has 0 aliphatic carbocycles. The second kappa shape index (κ2) is 11.5. The van der Waals surface area contributed by atoms with Crippen molar-refractivity contribution >= 4 is 16.8 Å². The largest absolute Gasteiger partial charge is 0.491 e. The van der Waals surface area contributed by atoms with Crippen LogP contribution < -0.4 is 19.6 Å². The lowest BCUT2D eigenvalue weighted by Crippen LogP contribution is -2.21. The minimum absolute atomic E-state index is 0.0562. The van der Waals surface area contributed by atoms with Gasteiger partial charge in [0.05, 0.1) is 43.2 Å². The molecule has 0 radical (unpaired) electrons. The molecule has 0 aliphatic rings. The number of aliphatic hydroxyl groups excluding tert-OH is 1. The van der Waals surface area contributed by atoms with E-state index < -0.39 is 29.5 Å². The summed E-state index contributed by atoms with van der Waals surface area (Å²) in [6, 6.07) is 12.3. The first-order valence-electron chi connectivity index (χ1n) is 12.3. The third-order valence-electron chi connectivity index (χ3n) is 6.36. The third kappa shape index (κ3) is 5.48. The summed E-state index contributed by atoms with van der Waals surface area (Å²) < 4.78 is 44.8. The molecule has 0 aliphatic heterocycles. The number of Topliss-reactive ketones (excluding diaryl/α,β-unsaturated/α-hetero) is 1. The minimum atomic E-state index is -0.739. The summed E-state index contributed by atoms with van der Waals surface area (Å²) in [6.45, 7) is -0.494. The molecule has 0 saturated carbocycles. The van der Waals surface area contributed by atoms with Crippen molar-refractivity contribution in [2.24, 2.45) is 0 Å². The number of halogens is 2. The molecule has 0 fully saturated rings. The fourth-order valence-corrected chi connectivity index (χ4v) is 4.35. The number of hydrogen-bond acceptors (Lipinski definition) is 8. The molecule has 0 spiro atoms. The number of H-pyrrole nitrogens is 1. The smallest absolute Gasteiger partial charge is 0.257 e. The Kier molecular flexibility index (Phi) is 7.70. The zero-order valence-electron chi connectivity index (χ0n) is 21.9. The molecule has 2 aromatic carbocycles. The van der Waals surface area contributed by atoms with Gasteiger partial charge in [-0.1, -0.05) is 18.2 Å². The van der Waals surface area contributed by atoms with Crippen molar-refractivity contribution in [3.63, 3.8) is 0 Å². The van der Waals surface area contributed by atoms with Gasteiger partial charge in [-0.25, -0.2) is 13.8 Å². The molecule has 9 nitrogen and oxygen atoms in total. The molecule has 3 heterocycles. The van der Waals surface area contributed by atoms with E-state index in [9.17, 15) is 19.1 Å². The molecule has 11 heteroatoms. The van der Waals surface area contributed by atoms with Gasteiger partial charge < -0.3 is 24.3 Å². The molecule has 0 saturated heterocycles. The highest BCUT2D eigenvalue weighted by molar-refractivity contribution is 5.98. The number of benzene rings is 2. The molecule has 0 atom stereocenters. The van der Waals surface area contributed by atoms with Gasteiger partial charge in [-0.15, -0.1) is 0 Å². The van der Waals surface area contributed by atoms with Crippen LogP contribution in [0.3, 0.4) is 0 Å². The molecule has 0 unspecified atom stereocenters. The molecule has 41 heavy (non-hydrogen) atoms. The monoisotopic (exact) mass is 559 g/mol. The van der Waals surface area contributed by atoms with E-state index in [0.29, 0.717) is 27.9 Å². The van der Waals surface area contributed by atoms with Crippen molar-refractivity contribution in [2.75, 3.05) is 14.2 Å². The van der Waals surface area contributed by atoms with Crippen LogP contribution in [0.2, 0.25) is 0 Å². The predicted molar refractivity (Wildman–Crippen MR) is 146 cm³/mol. The molecule has 3 aromatic heterocycles. The Hall–Kier alpha value is -5.16. The lowest BCUT2D eigenvalue weighted by Gasteiger charge is -2.12. The van der Waals surface area contributed by atoms with Crippen molar-refractivity contribution in [3.8, 4) is 34.3 Å². The summed E-state index contributed by atoms with van der Waals surface area (Å²) in [7, 11) is 2.91. The van der Waals surface area contributed by atoms with Crippen LogP contribution in [0, 0.1) is 11.6 Å². The number of pyridine rings is 3. The number of nitrogens with one attached hydrogen (secondary N) is 1. The van der Waals surface area contributed by atoms with E-state index in [-0.39, 0.29) is 40.6 Å². The first kappa shape index (κ1) is 27.4. The van der Waals surface area contributed by atoms with Crippen molar-refractivity contribution in [1.82, 2.24) is 15.0 Å². The summed E-state index contributed by atoms with van der Waals surface area (Å²) >= 11 is 0. The number of aliphatic hydroxyl groups is 1. The predicted octanol–water partition coefficient (Wildman–Crippen LogP) is 4.99. The van der Waals surface area contributed by atoms with Crippen molar-refractivity contribution < 1.29 is 32.9 Å². The number of carbonyl (C=O) groups excluding carboxylic acids is 1. The van der Waals surface area contributed by atoms with Gasteiger partial charge in [-0.05, 0) is 35.4 Å². The zero-order valence-corrected chi connectivity index (χ0v) is 21.9. The van der Waals surface area contributed by atoms with Gasteiger partial charge in [0, 0.05) is 30.9 Å². The molecule has 208 valence electrons. The number of hydrogen-bond donors (Lipinski definition) is 2. The second-order valence-electron chi connectivity index (χ2n) is 8.89. The lowest BCUT2D eigenvalue weighted by molar-refractivity contribution is 0.0991. The Labute approximate surface area is 232 Å². The van der Waals surface area contributed by atoms with E-state index >= 15 is 4.39 Å². The van der Waals surface area contributed by atoms with E-state index in [0.717, 1.165) is 6.07 Å². The number of aromatic amines is 1. The molecule has 0 amide bonds. The zero-order chi connectivity index (χ0) is 29.1. The summed E-state index contributed by atoms with van der Waals surface area (Å²) in [5.41, 5.74) is 0.841. The molecule has 2 N–H and O–H groups in total. The number of ether oxygens (including phenoxy) is 3. The summed E-state index contributed by atoms with van der Waals surface area (Å²) in [5, 5.41) is 9.69. The standard InChI is InChI=1S/C30H23F2N3O6/c1-39-26-13-21-28(35-30(26)40-2)25(9-10-33-21)41-24-8-3-16(11-20(24)32)12-23(37)19-14-34-22(15-36)27(29(19)38)17-4-6-18(31)7-5-17/h3-11,13-14,36H,12,15H2,1-2H3,(H,34,38). The highest BCUT2D eigenvalue weighted by Gasteiger charge is 2.20. The van der Waals surface area contributed by atoms with Gasteiger partial charge in [0.2, 0.25) is 5.43 Å². The van der Waals surface area contributed by atoms with Gasteiger partial charge in [0.1, 0.15) is 11.3 Å². The van der Waals surface area contributed by atoms with E-state index in [1.165, 1.54) is 69.1 Å². The van der Waals surface area contributed by atoms with Crippen molar-refractivity contribution in [2.45, 2.75) is 13.0 Å². The van der Waals surface area contributed by atoms with Crippen molar-refractivity contribution in [1.29, 1.82) is 0 Å². The first-order valence-corrected chi connectivity index (χ1v) is 12.3. The maximum atomic E-state index is 15.1.